The Morgan fingerprint density at radius 3 is 2.88 bits per heavy atom. The molecule has 1 atom stereocenters. The Hall–Kier alpha value is -0.750. The van der Waals surface area contributed by atoms with Crippen molar-refractivity contribution in [2.45, 2.75) is 25.4 Å². The number of carbonyl (C=O) groups is 2. The number of likely N-dealkylation sites (tertiary alicyclic amines) is 1. The number of thioether (sulfide) groups is 1. The van der Waals surface area contributed by atoms with Crippen LogP contribution in [0.3, 0.4) is 0 Å². The maximum atomic E-state index is 11.7. The van der Waals surface area contributed by atoms with Gasteiger partial charge in [-0.2, -0.15) is 11.8 Å². The van der Waals surface area contributed by atoms with Gasteiger partial charge in [0.1, 0.15) is 0 Å². The molecule has 0 aliphatic carbocycles. The number of hydrogen-bond acceptors (Lipinski definition) is 4. The number of aliphatic hydroxyl groups is 1. The molecule has 0 aromatic heterocycles. The third kappa shape index (κ3) is 4.85. The van der Waals surface area contributed by atoms with E-state index in [1.54, 1.807) is 4.90 Å². The summed E-state index contributed by atoms with van der Waals surface area (Å²) in [5.74, 6) is 0.561. The minimum absolute atomic E-state index is 0.0516. The summed E-state index contributed by atoms with van der Waals surface area (Å²) >= 11 is 1.37. The average Bonchev–Trinajstić information content (AvgIpc) is 2.24. The highest BCUT2D eigenvalue weighted by Crippen LogP contribution is 2.12. The highest BCUT2D eigenvalue weighted by Gasteiger charge is 2.21. The van der Waals surface area contributed by atoms with Gasteiger partial charge in [-0.05, 0) is 12.8 Å². The zero-order valence-corrected chi connectivity index (χ0v) is 10.0. The predicted octanol–water partition coefficient (Wildman–Crippen LogP) is -0.422. The van der Waals surface area contributed by atoms with Crippen LogP contribution in [0.5, 0.6) is 0 Å². The molecule has 16 heavy (non-hydrogen) atoms. The van der Waals surface area contributed by atoms with Crippen LogP contribution in [-0.2, 0) is 9.59 Å². The molecule has 5 nitrogen and oxygen atoms in total. The fourth-order valence-electron chi connectivity index (χ4n) is 1.67. The number of amides is 2. The molecule has 6 heteroatoms. The molecule has 3 N–H and O–H groups in total. The van der Waals surface area contributed by atoms with Crippen molar-refractivity contribution in [2.75, 3.05) is 24.6 Å². The molecule has 0 saturated carbocycles. The molecule has 1 aliphatic heterocycles. The number of carbonyl (C=O) groups excluding carboxylic acids is 2. The molecular formula is C10H18N2O3S. The summed E-state index contributed by atoms with van der Waals surface area (Å²) in [5, 5.41) is 9.41. The highest BCUT2D eigenvalue weighted by molar-refractivity contribution is 7.99. The Labute approximate surface area is 99.4 Å². The lowest BCUT2D eigenvalue weighted by Gasteiger charge is -2.30. The predicted molar refractivity (Wildman–Crippen MR) is 63.0 cm³/mol. The van der Waals surface area contributed by atoms with Crippen LogP contribution < -0.4 is 5.73 Å². The van der Waals surface area contributed by atoms with E-state index < -0.39 is 0 Å². The summed E-state index contributed by atoms with van der Waals surface area (Å²) in [7, 11) is 0. The molecule has 0 bridgehead atoms. The van der Waals surface area contributed by atoms with Gasteiger partial charge in [0.2, 0.25) is 11.8 Å². The first-order chi connectivity index (χ1) is 7.59. The number of aliphatic hydroxyl groups excluding tert-OH is 1. The van der Waals surface area contributed by atoms with Crippen LogP contribution in [0.4, 0.5) is 0 Å². The number of hydrogen-bond donors (Lipinski definition) is 2. The van der Waals surface area contributed by atoms with E-state index in [2.05, 4.69) is 0 Å². The van der Waals surface area contributed by atoms with Gasteiger partial charge in [-0.3, -0.25) is 9.59 Å². The number of nitrogens with two attached hydrogens (primary N) is 1. The molecule has 0 aromatic carbocycles. The smallest absolute Gasteiger partial charge is 0.227 e. The third-order valence-corrected chi connectivity index (χ3v) is 3.44. The van der Waals surface area contributed by atoms with E-state index in [-0.39, 0.29) is 23.7 Å². The van der Waals surface area contributed by atoms with Crippen LogP contribution in [0.25, 0.3) is 0 Å². The number of primary amides is 1. The molecule has 1 saturated heterocycles. The summed E-state index contributed by atoms with van der Waals surface area (Å²) in [6.07, 6.45) is 1.67. The van der Waals surface area contributed by atoms with Crippen LogP contribution in [0, 0.1) is 0 Å². The fourth-order valence-corrected chi connectivity index (χ4v) is 2.34. The number of nitrogens with zero attached hydrogens (tertiary/aromatic N) is 1. The fraction of sp³-hybridized carbons (Fsp3) is 0.800. The van der Waals surface area contributed by atoms with Crippen molar-refractivity contribution in [1.29, 1.82) is 0 Å². The van der Waals surface area contributed by atoms with Gasteiger partial charge in [-0.15, -0.1) is 0 Å². The molecule has 0 radical (unpaired) electrons. The van der Waals surface area contributed by atoms with E-state index in [0.29, 0.717) is 18.7 Å². The Balaban J connectivity index is 2.16. The summed E-state index contributed by atoms with van der Waals surface area (Å²) in [6, 6.07) is 0. The van der Waals surface area contributed by atoms with Crippen LogP contribution in [-0.4, -0.2) is 52.5 Å². The highest BCUT2D eigenvalue weighted by atomic mass is 32.2. The molecule has 0 aromatic rings. The zero-order valence-electron chi connectivity index (χ0n) is 9.22. The topological polar surface area (TPSA) is 83.6 Å². The Bertz CT molecular complexity index is 260. The summed E-state index contributed by atoms with van der Waals surface area (Å²) < 4.78 is 0. The lowest BCUT2D eigenvalue weighted by Crippen LogP contribution is -2.42. The first-order valence-corrected chi connectivity index (χ1v) is 6.57. The second-order valence-corrected chi connectivity index (χ2v) is 5.01. The van der Waals surface area contributed by atoms with Crippen molar-refractivity contribution >= 4 is 23.6 Å². The van der Waals surface area contributed by atoms with Gasteiger partial charge in [-0.25, -0.2) is 0 Å². The quantitative estimate of drug-likeness (QED) is 0.645. The number of piperidine rings is 1. The summed E-state index contributed by atoms with van der Waals surface area (Å²) in [6.45, 7) is 1.18. The van der Waals surface area contributed by atoms with E-state index in [1.807, 2.05) is 0 Å². The monoisotopic (exact) mass is 246 g/mol. The molecule has 0 spiro atoms. The second kappa shape index (κ2) is 6.75. The number of β-amino-alcohol motifs (C(OH)–C–C–N with tert-alkyl or cyclic N) is 1. The zero-order chi connectivity index (χ0) is 12.0. The Kier molecular flexibility index (Phi) is 5.62. The van der Waals surface area contributed by atoms with E-state index in [1.165, 1.54) is 11.8 Å². The first kappa shape index (κ1) is 13.3. The van der Waals surface area contributed by atoms with E-state index in [0.717, 1.165) is 19.4 Å². The van der Waals surface area contributed by atoms with Crippen LogP contribution in [0.1, 0.15) is 19.3 Å². The standard InChI is InChI=1S/C10H18N2O3S/c11-9(14)7-16-5-3-10(15)12-4-1-2-8(13)6-12/h8,13H,1-7H2,(H2,11,14)/t8-/m0/s1. The Morgan fingerprint density at radius 1 is 1.50 bits per heavy atom. The van der Waals surface area contributed by atoms with Crippen LogP contribution in [0.15, 0.2) is 0 Å². The van der Waals surface area contributed by atoms with Crippen molar-refractivity contribution in [2.24, 2.45) is 5.73 Å². The van der Waals surface area contributed by atoms with Crippen molar-refractivity contribution in [3.8, 4) is 0 Å². The van der Waals surface area contributed by atoms with Crippen molar-refractivity contribution in [3.63, 3.8) is 0 Å². The SMILES string of the molecule is NC(=O)CSCCC(=O)N1CCC[C@H](O)C1. The lowest BCUT2D eigenvalue weighted by molar-refractivity contribution is -0.133. The lowest BCUT2D eigenvalue weighted by atomic mass is 10.1. The maximum absolute atomic E-state index is 11.7. The van der Waals surface area contributed by atoms with E-state index in [4.69, 9.17) is 5.73 Å². The van der Waals surface area contributed by atoms with E-state index in [9.17, 15) is 14.7 Å². The minimum Gasteiger partial charge on any atom is -0.391 e. The molecule has 1 aliphatic rings. The average molecular weight is 246 g/mol. The van der Waals surface area contributed by atoms with Gasteiger partial charge < -0.3 is 15.7 Å². The van der Waals surface area contributed by atoms with Gasteiger partial charge >= 0.3 is 0 Å². The molecule has 0 unspecified atom stereocenters. The van der Waals surface area contributed by atoms with Crippen LogP contribution >= 0.6 is 11.8 Å². The molecule has 1 rings (SSSR count). The number of rotatable bonds is 5. The van der Waals surface area contributed by atoms with Gasteiger partial charge in [0.25, 0.3) is 0 Å². The van der Waals surface area contributed by atoms with Gasteiger partial charge in [0, 0.05) is 25.3 Å². The molecule has 92 valence electrons. The van der Waals surface area contributed by atoms with Crippen molar-refractivity contribution in [3.05, 3.63) is 0 Å². The van der Waals surface area contributed by atoms with Gasteiger partial charge in [0.15, 0.2) is 0 Å². The van der Waals surface area contributed by atoms with Gasteiger partial charge in [0.05, 0.1) is 11.9 Å². The molecule has 1 heterocycles. The normalized spacial score (nSPS) is 20.8. The van der Waals surface area contributed by atoms with Crippen molar-refractivity contribution in [1.82, 2.24) is 4.90 Å². The Morgan fingerprint density at radius 2 is 2.25 bits per heavy atom. The van der Waals surface area contributed by atoms with Crippen molar-refractivity contribution < 1.29 is 14.7 Å². The molecule has 2 amide bonds. The summed E-state index contributed by atoms with van der Waals surface area (Å²) in [4.78, 5) is 23.8. The van der Waals surface area contributed by atoms with Crippen LogP contribution in [0.2, 0.25) is 0 Å². The molecule has 1 fully saturated rings. The summed E-state index contributed by atoms with van der Waals surface area (Å²) in [5.41, 5.74) is 4.98. The maximum Gasteiger partial charge on any atom is 0.227 e. The minimum atomic E-state index is -0.379. The molecular weight excluding hydrogens is 228 g/mol. The second-order valence-electron chi connectivity index (χ2n) is 3.90. The van der Waals surface area contributed by atoms with Gasteiger partial charge in [-0.1, -0.05) is 0 Å². The first-order valence-electron chi connectivity index (χ1n) is 5.41. The largest absolute Gasteiger partial charge is 0.391 e. The third-order valence-electron chi connectivity index (χ3n) is 2.45. The van der Waals surface area contributed by atoms with E-state index >= 15 is 0 Å².